The lowest BCUT2D eigenvalue weighted by atomic mass is 10.0. The van der Waals surface area contributed by atoms with E-state index in [4.69, 9.17) is 4.74 Å². The molecule has 1 aliphatic rings. The number of nitrogens with one attached hydrogen (secondary N) is 2. The molecule has 0 aromatic heterocycles. The topological polar surface area (TPSA) is 87.7 Å². The SMILES string of the molecule is COc1ccc(C(CC(=O)Nc2ccccc2C(=O)N2CCCC2)NC(C)=O)cc1. The Morgan fingerprint density at radius 2 is 1.70 bits per heavy atom. The van der Waals surface area contributed by atoms with Crippen molar-refractivity contribution in [2.45, 2.75) is 32.2 Å². The largest absolute Gasteiger partial charge is 0.497 e. The lowest BCUT2D eigenvalue weighted by Crippen LogP contribution is -2.31. The molecule has 3 rings (SSSR count). The van der Waals surface area contributed by atoms with E-state index in [9.17, 15) is 14.4 Å². The van der Waals surface area contributed by atoms with Gasteiger partial charge in [-0.05, 0) is 42.7 Å². The van der Waals surface area contributed by atoms with Crippen LogP contribution in [-0.4, -0.2) is 42.8 Å². The number of carbonyl (C=O) groups is 3. The lowest BCUT2D eigenvalue weighted by Gasteiger charge is -2.20. The molecule has 0 saturated carbocycles. The molecule has 2 N–H and O–H groups in total. The number of likely N-dealkylation sites (tertiary alicyclic amines) is 1. The highest BCUT2D eigenvalue weighted by Gasteiger charge is 2.23. The van der Waals surface area contributed by atoms with Crippen molar-refractivity contribution >= 4 is 23.4 Å². The summed E-state index contributed by atoms with van der Waals surface area (Å²) in [6.45, 7) is 2.89. The predicted octanol–water partition coefficient (Wildman–Crippen LogP) is 3.14. The van der Waals surface area contributed by atoms with Gasteiger partial charge in [0.25, 0.3) is 5.91 Å². The summed E-state index contributed by atoms with van der Waals surface area (Å²) in [5.74, 6) is 0.107. The van der Waals surface area contributed by atoms with E-state index in [0.717, 1.165) is 31.5 Å². The van der Waals surface area contributed by atoms with E-state index in [1.807, 2.05) is 17.0 Å². The van der Waals surface area contributed by atoms with Crippen molar-refractivity contribution in [2.24, 2.45) is 0 Å². The van der Waals surface area contributed by atoms with Gasteiger partial charge in [-0.25, -0.2) is 0 Å². The van der Waals surface area contributed by atoms with Crippen LogP contribution in [0.3, 0.4) is 0 Å². The monoisotopic (exact) mass is 409 g/mol. The summed E-state index contributed by atoms with van der Waals surface area (Å²) in [5, 5.41) is 5.67. The van der Waals surface area contributed by atoms with Gasteiger partial charge in [-0.3, -0.25) is 14.4 Å². The molecule has 1 aliphatic heterocycles. The Kier molecular flexibility index (Phi) is 7.06. The quantitative estimate of drug-likeness (QED) is 0.735. The van der Waals surface area contributed by atoms with E-state index in [1.54, 1.807) is 43.5 Å². The summed E-state index contributed by atoms with van der Waals surface area (Å²) in [4.78, 5) is 39.1. The van der Waals surface area contributed by atoms with Crippen LogP contribution in [0.25, 0.3) is 0 Å². The van der Waals surface area contributed by atoms with Crippen molar-refractivity contribution in [3.63, 3.8) is 0 Å². The van der Waals surface area contributed by atoms with Crippen molar-refractivity contribution in [2.75, 3.05) is 25.5 Å². The Hall–Kier alpha value is -3.35. The Morgan fingerprint density at radius 3 is 2.33 bits per heavy atom. The molecule has 158 valence electrons. The van der Waals surface area contributed by atoms with Gasteiger partial charge in [0.1, 0.15) is 5.75 Å². The van der Waals surface area contributed by atoms with Crippen LogP contribution in [0.15, 0.2) is 48.5 Å². The van der Waals surface area contributed by atoms with Crippen LogP contribution in [0.5, 0.6) is 5.75 Å². The highest BCUT2D eigenvalue weighted by Crippen LogP contribution is 2.23. The summed E-state index contributed by atoms with van der Waals surface area (Å²) in [7, 11) is 1.58. The molecule has 0 bridgehead atoms. The third-order valence-electron chi connectivity index (χ3n) is 5.11. The van der Waals surface area contributed by atoms with Crippen LogP contribution >= 0.6 is 0 Å². The molecule has 1 unspecified atom stereocenters. The Labute approximate surface area is 176 Å². The maximum absolute atomic E-state index is 12.8. The van der Waals surface area contributed by atoms with Crippen molar-refractivity contribution in [3.8, 4) is 5.75 Å². The molecule has 0 spiro atoms. The van der Waals surface area contributed by atoms with Gasteiger partial charge in [-0.2, -0.15) is 0 Å². The first-order chi connectivity index (χ1) is 14.5. The van der Waals surface area contributed by atoms with Gasteiger partial charge >= 0.3 is 0 Å². The second-order valence-electron chi connectivity index (χ2n) is 7.32. The third-order valence-corrected chi connectivity index (χ3v) is 5.11. The maximum Gasteiger partial charge on any atom is 0.255 e. The van der Waals surface area contributed by atoms with Crippen LogP contribution in [-0.2, 0) is 9.59 Å². The number of benzene rings is 2. The number of carbonyl (C=O) groups excluding carboxylic acids is 3. The first-order valence-corrected chi connectivity index (χ1v) is 10.1. The number of amides is 3. The number of hydrogen-bond acceptors (Lipinski definition) is 4. The van der Waals surface area contributed by atoms with Gasteiger partial charge in [0.05, 0.1) is 30.8 Å². The first-order valence-electron chi connectivity index (χ1n) is 10.1. The second-order valence-corrected chi connectivity index (χ2v) is 7.32. The highest BCUT2D eigenvalue weighted by atomic mass is 16.5. The minimum Gasteiger partial charge on any atom is -0.497 e. The minimum atomic E-state index is -0.491. The molecule has 1 heterocycles. The molecule has 1 atom stereocenters. The van der Waals surface area contributed by atoms with E-state index in [1.165, 1.54) is 6.92 Å². The Morgan fingerprint density at radius 1 is 1.03 bits per heavy atom. The fourth-order valence-corrected chi connectivity index (χ4v) is 3.59. The van der Waals surface area contributed by atoms with E-state index in [0.29, 0.717) is 17.0 Å². The van der Waals surface area contributed by atoms with Crippen molar-refractivity contribution in [3.05, 3.63) is 59.7 Å². The molecular formula is C23H27N3O4. The number of para-hydroxylation sites is 1. The second kappa shape index (κ2) is 9.91. The number of nitrogens with zero attached hydrogens (tertiary/aromatic N) is 1. The summed E-state index contributed by atoms with van der Waals surface area (Å²) < 4.78 is 5.17. The zero-order chi connectivity index (χ0) is 21.5. The van der Waals surface area contributed by atoms with E-state index < -0.39 is 6.04 Å². The first kappa shape index (κ1) is 21.4. The van der Waals surface area contributed by atoms with Crippen LogP contribution in [0.2, 0.25) is 0 Å². The number of anilines is 1. The fourth-order valence-electron chi connectivity index (χ4n) is 3.59. The van der Waals surface area contributed by atoms with Crippen LogP contribution in [0.4, 0.5) is 5.69 Å². The van der Waals surface area contributed by atoms with Gasteiger partial charge in [-0.15, -0.1) is 0 Å². The molecule has 3 amide bonds. The predicted molar refractivity (Wildman–Crippen MR) is 114 cm³/mol. The molecule has 0 radical (unpaired) electrons. The minimum absolute atomic E-state index is 0.0398. The smallest absolute Gasteiger partial charge is 0.255 e. The van der Waals surface area contributed by atoms with Crippen LogP contribution in [0, 0.1) is 0 Å². The van der Waals surface area contributed by atoms with Gasteiger partial charge in [0, 0.05) is 20.0 Å². The maximum atomic E-state index is 12.8. The molecule has 0 aliphatic carbocycles. The lowest BCUT2D eigenvalue weighted by molar-refractivity contribution is -0.120. The molecule has 2 aromatic carbocycles. The van der Waals surface area contributed by atoms with Gasteiger partial charge in [0.15, 0.2) is 0 Å². The molecular weight excluding hydrogens is 382 g/mol. The van der Waals surface area contributed by atoms with Crippen molar-refractivity contribution in [1.29, 1.82) is 0 Å². The van der Waals surface area contributed by atoms with Gasteiger partial charge in [-0.1, -0.05) is 24.3 Å². The molecule has 7 heteroatoms. The molecule has 1 fully saturated rings. The van der Waals surface area contributed by atoms with Crippen LogP contribution in [0.1, 0.15) is 48.1 Å². The Balaban J connectivity index is 1.73. The number of rotatable bonds is 7. The summed E-state index contributed by atoms with van der Waals surface area (Å²) >= 11 is 0. The van der Waals surface area contributed by atoms with E-state index in [2.05, 4.69) is 10.6 Å². The molecule has 30 heavy (non-hydrogen) atoms. The van der Waals surface area contributed by atoms with Crippen molar-refractivity contribution < 1.29 is 19.1 Å². The fraction of sp³-hybridized carbons (Fsp3) is 0.348. The summed E-state index contributed by atoms with van der Waals surface area (Å²) in [6.07, 6.45) is 2.04. The Bertz CT molecular complexity index is 905. The van der Waals surface area contributed by atoms with Gasteiger partial charge < -0.3 is 20.3 Å². The van der Waals surface area contributed by atoms with Crippen molar-refractivity contribution in [1.82, 2.24) is 10.2 Å². The average Bonchev–Trinajstić information content (AvgIpc) is 3.28. The zero-order valence-electron chi connectivity index (χ0n) is 17.3. The molecule has 2 aromatic rings. The van der Waals surface area contributed by atoms with Gasteiger partial charge in [0.2, 0.25) is 11.8 Å². The summed E-state index contributed by atoms with van der Waals surface area (Å²) in [5.41, 5.74) is 1.76. The summed E-state index contributed by atoms with van der Waals surface area (Å²) in [6, 6.07) is 13.7. The van der Waals surface area contributed by atoms with E-state index in [-0.39, 0.29) is 24.1 Å². The number of hydrogen-bond donors (Lipinski definition) is 2. The standard InChI is InChI=1S/C23H27N3O4/c1-16(27)24-21(17-9-11-18(30-2)12-10-17)15-22(28)25-20-8-4-3-7-19(20)23(29)26-13-5-6-14-26/h3-4,7-12,21H,5-6,13-15H2,1-2H3,(H,24,27)(H,25,28). The molecule has 1 saturated heterocycles. The number of methoxy groups -OCH3 is 1. The normalized spacial score (nSPS) is 14.1. The van der Waals surface area contributed by atoms with Crippen LogP contribution < -0.4 is 15.4 Å². The third kappa shape index (κ3) is 5.37. The highest BCUT2D eigenvalue weighted by molar-refractivity contribution is 6.04. The number of ether oxygens (including phenoxy) is 1. The average molecular weight is 409 g/mol. The molecule has 7 nitrogen and oxygen atoms in total. The zero-order valence-corrected chi connectivity index (χ0v) is 17.3. The van der Waals surface area contributed by atoms with E-state index >= 15 is 0 Å².